The maximum atomic E-state index is 11.8. The van der Waals surface area contributed by atoms with Gasteiger partial charge in [0.2, 0.25) is 11.8 Å². The number of amides is 2. The fraction of sp³-hybridized carbons (Fsp3) is 0.833. The van der Waals surface area contributed by atoms with Crippen molar-refractivity contribution in [1.82, 2.24) is 10.2 Å². The van der Waals surface area contributed by atoms with Crippen LogP contribution in [0.1, 0.15) is 33.1 Å². The van der Waals surface area contributed by atoms with Gasteiger partial charge in [-0.3, -0.25) is 14.5 Å². The van der Waals surface area contributed by atoms with Crippen molar-refractivity contribution in [3.63, 3.8) is 0 Å². The number of piperidine rings is 1. The highest BCUT2D eigenvalue weighted by molar-refractivity contribution is 6.03. The molecule has 2 heterocycles. The third kappa shape index (κ3) is 2.12. The number of hydrogen-bond acceptors (Lipinski definition) is 3. The first-order valence-electron chi connectivity index (χ1n) is 6.07. The Morgan fingerprint density at radius 1 is 1.50 bits per heavy atom. The van der Waals surface area contributed by atoms with Crippen LogP contribution in [0.3, 0.4) is 0 Å². The summed E-state index contributed by atoms with van der Waals surface area (Å²) >= 11 is 0. The lowest BCUT2D eigenvalue weighted by molar-refractivity contribution is -0.141. The van der Waals surface area contributed by atoms with E-state index in [2.05, 4.69) is 12.2 Å². The van der Waals surface area contributed by atoms with E-state index in [-0.39, 0.29) is 23.1 Å². The predicted octanol–water partition coefficient (Wildman–Crippen LogP) is 0.771. The maximum Gasteiger partial charge on any atom is 0.232 e. The molecule has 0 spiro atoms. The third-order valence-electron chi connectivity index (χ3n) is 3.69. The van der Waals surface area contributed by atoms with Crippen LogP contribution in [-0.2, 0) is 9.59 Å². The van der Waals surface area contributed by atoms with Gasteiger partial charge in [0.1, 0.15) is 0 Å². The summed E-state index contributed by atoms with van der Waals surface area (Å²) in [5, 5.41) is 3.34. The van der Waals surface area contributed by atoms with Crippen molar-refractivity contribution < 1.29 is 9.59 Å². The van der Waals surface area contributed by atoms with Gasteiger partial charge >= 0.3 is 0 Å². The van der Waals surface area contributed by atoms with Gasteiger partial charge in [-0.1, -0.05) is 13.8 Å². The Kier molecular flexibility index (Phi) is 3.02. The Balaban J connectivity index is 2.03. The largest absolute Gasteiger partial charge is 0.316 e. The van der Waals surface area contributed by atoms with Crippen LogP contribution in [0.4, 0.5) is 0 Å². The molecule has 0 saturated carbocycles. The van der Waals surface area contributed by atoms with Crippen LogP contribution >= 0.6 is 0 Å². The number of hydrogen-bond donors (Lipinski definition) is 1. The summed E-state index contributed by atoms with van der Waals surface area (Å²) in [6.07, 6.45) is 2.61. The molecule has 4 heteroatoms. The quantitative estimate of drug-likeness (QED) is 0.705. The average molecular weight is 224 g/mol. The van der Waals surface area contributed by atoms with Gasteiger partial charge in [-0.25, -0.2) is 0 Å². The Bertz CT molecular complexity index is 308. The molecule has 1 N–H and O–H groups in total. The van der Waals surface area contributed by atoms with Crippen LogP contribution in [0.25, 0.3) is 0 Å². The average Bonchev–Trinajstić information content (AvgIpc) is 2.46. The second-order valence-electron chi connectivity index (χ2n) is 5.51. The summed E-state index contributed by atoms with van der Waals surface area (Å²) in [7, 11) is 0. The van der Waals surface area contributed by atoms with E-state index in [9.17, 15) is 9.59 Å². The summed E-state index contributed by atoms with van der Waals surface area (Å²) in [5.74, 6) is -0.103. The molecule has 4 nitrogen and oxygen atoms in total. The first kappa shape index (κ1) is 11.6. The molecule has 16 heavy (non-hydrogen) atoms. The van der Waals surface area contributed by atoms with Crippen LogP contribution in [0.2, 0.25) is 0 Å². The molecule has 2 aliphatic heterocycles. The zero-order valence-corrected chi connectivity index (χ0v) is 10.1. The first-order valence-corrected chi connectivity index (χ1v) is 6.07. The molecule has 2 unspecified atom stereocenters. The summed E-state index contributed by atoms with van der Waals surface area (Å²) in [5.41, 5.74) is 0.0631. The van der Waals surface area contributed by atoms with Gasteiger partial charge in [0.05, 0.1) is 0 Å². The summed E-state index contributed by atoms with van der Waals surface area (Å²) in [6.45, 7) is 6.53. The lowest BCUT2D eigenvalue weighted by Gasteiger charge is -2.36. The molecule has 2 amide bonds. The van der Waals surface area contributed by atoms with Crippen molar-refractivity contribution in [2.75, 3.05) is 19.6 Å². The highest BCUT2D eigenvalue weighted by Gasteiger charge is 2.40. The number of imide groups is 1. The second-order valence-corrected chi connectivity index (χ2v) is 5.51. The number of nitrogens with zero attached hydrogens (tertiary/aromatic N) is 1. The molecule has 0 aliphatic carbocycles. The minimum atomic E-state index is -0.118. The van der Waals surface area contributed by atoms with Crippen LogP contribution in [-0.4, -0.2) is 36.3 Å². The molecule has 0 radical (unpaired) electrons. The fourth-order valence-corrected chi connectivity index (χ4v) is 2.65. The second kappa shape index (κ2) is 4.17. The molecule has 90 valence electrons. The van der Waals surface area contributed by atoms with Crippen molar-refractivity contribution in [1.29, 1.82) is 0 Å². The van der Waals surface area contributed by atoms with Gasteiger partial charge in [0.15, 0.2) is 0 Å². The molecule has 0 bridgehead atoms. The molecular weight excluding hydrogens is 204 g/mol. The minimum absolute atomic E-state index is 0.00398. The van der Waals surface area contributed by atoms with E-state index < -0.39 is 0 Å². The molecule has 2 saturated heterocycles. The van der Waals surface area contributed by atoms with Gasteiger partial charge in [-0.05, 0) is 24.8 Å². The van der Waals surface area contributed by atoms with E-state index in [1.807, 2.05) is 6.92 Å². The van der Waals surface area contributed by atoms with Crippen molar-refractivity contribution in [3.8, 4) is 0 Å². The molecule has 2 rings (SSSR count). The van der Waals surface area contributed by atoms with Gasteiger partial charge in [0.25, 0.3) is 0 Å². The lowest BCUT2D eigenvalue weighted by Crippen LogP contribution is -2.47. The van der Waals surface area contributed by atoms with E-state index >= 15 is 0 Å². The van der Waals surface area contributed by atoms with Crippen molar-refractivity contribution >= 4 is 11.8 Å². The van der Waals surface area contributed by atoms with Gasteiger partial charge in [0, 0.05) is 25.4 Å². The number of nitrogens with one attached hydrogen (secondary N) is 1. The normalized spacial score (nSPS) is 35.9. The summed E-state index contributed by atoms with van der Waals surface area (Å²) in [6, 6.07) is 0. The molecule has 0 aromatic carbocycles. The molecular formula is C12H20N2O2. The number of carbonyl (C=O) groups excluding carboxylic acids is 2. The number of rotatable bonds is 2. The predicted molar refractivity (Wildman–Crippen MR) is 60.7 cm³/mol. The first-order chi connectivity index (χ1) is 7.52. The van der Waals surface area contributed by atoms with E-state index in [1.165, 1.54) is 4.90 Å². The molecule has 2 atom stereocenters. The Labute approximate surface area is 96.4 Å². The monoisotopic (exact) mass is 224 g/mol. The van der Waals surface area contributed by atoms with Crippen molar-refractivity contribution in [3.05, 3.63) is 0 Å². The summed E-state index contributed by atoms with van der Waals surface area (Å²) in [4.78, 5) is 25.0. The zero-order valence-electron chi connectivity index (χ0n) is 10.1. The van der Waals surface area contributed by atoms with E-state index in [0.717, 1.165) is 25.9 Å². The lowest BCUT2D eigenvalue weighted by atomic mass is 9.82. The fourth-order valence-electron chi connectivity index (χ4n) is 2.65. The molecule has 0 aromatic heterocycles. The van der Waals surface area contributed by atoms with Crippen molar-refractivity contribution in [2.24, 2.45) is 11.3 Å². The Morgan fingerprint density at radius 3 is 2.75 bits per heavy atom. The van der Waals surface area contributed by atoms with E-state index in [0.29, 0.717) is 13.0 Å². The van der Waals surface area contributed by atoms with Crippen molar-refractivity contribution in [2.45, 2.75) is 33.1 Å². The van der Waals surface area contributed by atoms with Gasteiger partial charge in [-0.15, -0.1) is 0 Å². The highest BCUT2D eigenvalue weighted by Crippen LogP contribution is 2.30. The van der Waals surface area contributed by atoms with Crippen LogP contribution in [0.5, 0.6) is 0 Å². The zero-order chi connectivity index (χ0) is 11.8. The van der Waals surface area contributed by atoms with Gasteiger partial charge < -0.3 is 5.32 Å². The minimum Gasteiger partial charge on any atom is -0.316 e. The SMILES string of the molecule is CC1CC(=O)N(CC2(C)CCCNC2)C1=O. The number of likely N-dealkylation sites (tertiary alicyclic amines) is 1. The molecule has 2 aliphatic rings. The standard InChI is InChI=1S/C12H20N2O2/c1-9-6-10(15)14(11(9)16)8-12(2)4-3-5-13-7-12/h9,13H,3-8H2,1-2H3. The topological polar surface area (TPSA) is 49.4 Å². The van der Waals surface area contributed by atoms with Crippen LogP contribution in [0, 0.1) is 11.3 Å². The van der Waals surface area contributed by atoms with Crippen LogP contribution in [0.15, 0.2) is 0 Å². The Morgan fingerprint density at radius 2 is 2.25 bits per heavy atom. The third-order valence-corrected chi connectivity index (χ3v) is 3.69. The Hall–Kier alpha value is -0.900. The van der Waals surface area contributed by atoms with Crippen LogP contribution < -0.4 is 5.32 Å². The maximum absolute atomic E-state index is 11.8. The highest BCUT2D eigenvalue weighted by atomic mass is 16.2. The van der Waals surface area contributed by atoms with E-state index in [4.69, 9.17) is 0 Å². The number of carbonyl (C=O) groups is 2. The molecule has 2 fully saturated rings. The smallest absolute Gasteiger partial charge is 0.232 e. The van der Waals surface area contributed by atoms with Gasteiger partial charge in [-0.2, -0.15) is 0 Å². The summed E-state index contributed by atoms with van der Waals surface area (Å²) < 4.78 is 0. The molecule has 0 aromatic rings. The van der Waals surface area contributed by atoms with E-state index in [1.54, 1.807) is 0 Å².